The quantitative estimate of drug-likeness (QED) is 0.346. The van der Waals surface area contributed by atoms with Gasteiger partial charge in [-0.3, -0.25) is 19.2 Å². The van der Waals surface area contributed by atoms with E-state index in [9.17, 15) is 34.2 Å². The lowest BCUT2D eigenvalue weighted by molar-refractivity contribution is -0.170. The standard InChI is InChI=1S/C34H43NO8/c1-32-15-12-23(36)19-22(32)8-9-24-25(32)13-16-33(2)26(24)14-17-34(33,42)28(37)20-43-30(39)11-10-29(38)35-27(31(40)41)18-21-6-4-3-5-7-21/h3-7,19,24-27,42H,8-18,20H2,1-2H3,(H,35,38)(H,40,41)/t24-,25-,26-,27-,32-,33+,34-/m0/s1. The van der Waals surface area contributed by atoms with E-state index in [1.807, 2.05) is 19.1 Å². The van der Waals surface area contributed by atoms with E-state index in [-0.39, 0.29) is 36.4 Å². The molecule has 3 fully saturated rings. The Labute approximate surface area is 252 Å². The number of benzene rings is 1. The molecule has 9 heteroatoms. The van der Waals surface area contributed by atoms with Crippen LogP contribution in [0.3, 0.4) is 0 Å². The maximum atomic E-state index is 13.4. The van der Waals surface area contributed by atoms with Crippen molar-refractivity contribution in [2.45, 2.75) is 96.1 Å². The second kappa shape index (κ2) is 12.0. The van der Waals surface area contributed by atoms with Gasteiger partial charge in [0.05, 0.1) is 6.42 Å². The summed E-state index contributed by atoms with van der Waals surface area (Å²) in [6.07, 6.45) is 7.30. The van der Waals surface area contributed by atoms with Gasteiger partial charge in [0.2, 0.25) is 11.7 Å². The summed E-state index contributed by atoms with van der Waals surface area (Å²) in [5.41, 5.74) is -0.187. The zero-order valence-corrected chi connectivity index (χ0v) is 25.1. The van der Waals surface area contributed by atoms with Crippen LogP contribution in [-0.2, 0) is 35.1 Å². The Bertz CT molecular complexity index is 1320. The molecule has 0 radical (unpaired) electrons. The van der Waals surface area contributed by atoms with Crippen LogP contribution < -0.4 is 5.32 Å². The third-order valence-corrected chi connectivity index (χ3v) is 11.4. The van der Waals surface area contributed by atoms with Gasteiger partial charge in [-0.05, 0) is 79.8 Å². The van der Waals surface area contributed by atoms with Crippen LogP contribution in [0.5, 0.6) is 0 Å². The summed E-state index contributed by atoms with van der Waals surface area (Å²) >= 11 is 0. The van der Waals surface area contributed by atoms with Crippen molar-refractivity contribution in [1.29, 1.82) is 0 Å². The van der Waals surface area contributed by atoms with Gasteiger partial charge in [-0.25, -0.2) is 4.79 Å². The number of aliphatic hydroxyl groups is 1. The second-order valence-electron chi connectivity index (χ2n) is 13.6. The van der Waals surface area contributed by atoms with Gasteiger partial charge in [0, 0.05) is 24.7 Å². The molecule has 3 saturated carbocycles. The highest BCUT2D eigenvalue weighted by atomic mass is 16.5. The summed E-state index contributed by atoms with van der Waals surface area (Å²) in [5, 5.41) is 23.8. The number of carboxylic acids is 1. The number of allylic oxidation sites excluding steroid dienone is 1. The summed E-state index contributed by atoms with van der Waals surface area (Å²) in [6.45, 7) is 3.74. The van der Waals surface area contributed by atoms with E-state index >= 15 is 0 Å². The van der Waals surface area contributed by atoms with Gasteiger partial charge in [-0.15, -0.1) is 0 Å². The first-order chi connectivity index (χ1) is 20.4. The lowest BCUT2D eigenvalue weighted by atomic mass is 9.46. The molecular formula is C34H43NO8. The van der Waals surface area contributed by atoms with Crippen LogP contribution in [0.1, 0.15) is 83.6 Å². The lowest BCUT2D eigenvalue weighted by Gasteiger charge is -2.58. The van der Waals surface area contributed by atoms with Gasteiger partial charge < -0.3 is 20.3 Å². The fourth-order valence-corrected chi connectivity index (χ4v) is 8.90. The predicted octanol–water partition coefficient (Wildman–Crippen LogP) is 3.95. The van der Waals surface area contributed by atoms with Crippen molar-refractivity contribution >= 4 is 29.4 Å². The molecule has 0 spiro atoms. The Morgan fingerprint density at radius 2 is 1.70 bits per heavy atom. The fraction of sp³-hybridized carbons (Fsp3) is 0.618. The first kappa shape index (κ1) is 31.1. The third kappa shape index (κ3) is 5.80. The summed E-state index contributed by atoms with van der Waals surface area (Å²) in [7, 11) is 0. The van der Waals surface area contributed by atoms with Gasteiger partial charge in [-0.1, -0.05) is 49.8 Å². The molecule has 4 aliphatic rings. The van der Waals surface area contributed by atoms with E-state index in [0.29, 0.717) is 31.1 Å². The molecule has 9 nitrogen and oxygen atoms in total. The first-order valence-electron chi connectivity index (χ1n) is 15.6. The van der Waals surface area contributed by atoms with Crippen molar-refractivity contribution < 1.29 is 38.9 Å². The van der Waals surface area contributed by atoms with Gasteiger partial charge in [0.1, 0.15) is 11.6 Å². The SMILES string of the molecule is C[C@]12CCC(=O)C=C1CC[C@H]1[C@@H]2CC[C@]2(C)[C@H]1CC[C@]2(O)C(=O)COC(=O)CCC(=O)N[C@@H](Cc1ccccc1)C(=O)O. The number of hydrogen-bond acceptors (Lipinski definition) is 7. The van der Waals surface area contributed by atoms with E-state index in [4.69, 9.17) is 4.74 Å². The van der Waals surface area contributed by atoms with Crippen molar-refractivity contribution in [1.82, 2.24) is 5.32 Å². The molecule has 0 aromatic heterocycles. The minimum absolute atomic E-state index is 0.00325. The molecule has 0 heterocycles. The van der Waals surface area contributed by atoms with Crippen molar-refractivity contribution in [3.63, 3.8) is 0 Å². The predicted molar refractivity (Wildman–Crippen MR) is 157 cm³/mol. The topological polar surface area (TPSA) is 147 Å². The monoisotopic (exact) mass is 593 g/mol. The van der Waals surface area contributed by atoms with Gasteiger partial charge >= 0.3 is 11.9 Å². The maximum absolute atomic E-state index is 13.4. The van der Waals surface area contributed by atoms with Crippen LogP contribution in [-0.4, -0.2) is 57.9 Å². The van der Waals surface area contributed by atoms with Crippen molar-refractivity contribution in [3.05, 3.63) is 47.5 Å². The molecule has 1 aromatic carbocycles. The summed E-state index contributed by atoms with van der Waals surface area (Å²) < 4.78 is 5.22. The van der Waals surface area contributed by atoms with Crippen LogP contribution in [0.15, 0.2) is 42.0 Å². The van der Waals surface area contributed by atoms with Gasteiger partial charge in [0.15, 0.2) is 12.4 Å². The molecule has 43 heavy (non-hydrogen) atoms. The molecular weight excluding hydrogens is 550 g/mol. The Morgan fingerprint density at radius 1 is 0.977 bits per heavy atom. The first-order valence-corrected chi connectivity index (χ1v) is 15.6. The highest BCUT2D eigenvalue weighted by molar-refractivity contribution is 5.92. The number of ether oxygens (including phenoxy) is 1. The molecule has 0 aliphatic heterocycles. The average Bonchev–Trinajstić information content (AvgIpc) is 3.26. The zero-order chi connectivity index (χ0) is 31.0. The molecule has 232 valence electrons. The summed E-state index contributed by atoms with van der Waals surface area (Å²) in [5.74, 6) is -1.85. The number of esters is 1. The number of amides is 1. The number of carbonyl (C=O) groups excluding carboxylic acids is 4. The summed E-state index contributed by atoms with van der Waals surface area (Å²) in [6, 6.07) is 7.78. The fourth-order valence-electron chi connectivity index (χ4n) is 8.90. The highest BCUT2D eigenvalue weighted by Gasteiger charge is 2.66. The molecule has 1 amide bonds. The number of fused-ring (bicyclic) bond motifs is 5. The highest BCUT2D eigenvalue weighted by Crippen LogP contribution is 2.67. The Balaban J connectivity index is 1.14. The van der Waals surface area contributed by atoms with Crippen molar-refractivity contribution in [3.8, 4) is 0 Å². The molecule has 1 aromatic rings. The summed E-state index contributed by atoms with van der Waals surface area (Å²) in [4.78, 5) is 62.0. The number of aliphatic carboxylic acids is 1. The minimum Gasteiger partial charge on any atom is -0.480 e. The molecule has 4 aliphatic carbocycles. The number of carboxylic acid groups (broad SMARTS) is 1. The Morgan fingerprint density at radius 3 is 2.42 bits per heavy atom. The number of carbonyl (C=O) groups is 5. The van der Waals surface area contributed by atoms with Crippen LogP contribution in [0.2, 0.25) is 0 Å². The Hall–Kier alpha value is -3.33. The molecule has 0 bridgehead atoms. The molecule has 3 N–H and O–H groups in total. The van der Waals surface area contributed by atoms with Crippen molar-refractivity contribution in [2.24, 2.45) is 28.6 Å². The normalized spacial score (nSPS) is 33.7. The molecule has 5 rings (SSSR count). The van der Waals surface area contributed by atoms with Crippen LogP contribution in [0, 0.1) is 28.6 Å². The van der Waals surface area contributed by atoms with E-state index in [2.05, 4.69) is 12.2 Å². The third-order valence-electron chi connectivity index (χ3n) is 11.4. The number of rotatable bonds is 10. The Kier molecular flexibility index (Phi) is 8.67. The number of ketones is 2. The van der Waals surface area contributed by atoms with E-state index < -0.39 is 47.3 Å². The zero-order valence-electron chi connectivity index (χ0n) is 25.1. The van der Waals surface area contributed by atoms with Crippen LogP contribution in [0.4, 0.5) is 0 Å². The van der Waals surface area contributed by atoms with E-state index in [1.165, 1.54) is 5.57 Å². The molecule has 0 unspecified atom stereocenters. The van der Waals surface area contributed by atoms with Crippen LogP contribution >= 0.6 is 0 Å². The van der Waals surface area contributed by atoms with Crippen molar-refractivity contribution in [2.75, 3.05) is 6.61 Å². The minimum atomic E-state index is -1.59. The van der Waals surface area contributed by atoms with E-state index in [0.717, 1.165) is 37.7 Å². The number of nitrogens with one attached hydrogen (secondary N) is 1. The molecule has 0 saturated heterocycles. The second-order valence-corrected chi connectivity index (χ2v) is 13.6. The van der Waals surface area contributed by atoms with Gasteiger partial charge in [-0.2, -0.15) is 0 Å². The smallest absolute Gasteiger partial charge is 0.326 e. The number of hydrogen-bond donors (Lipinski definition) is 3. The number of Topliss-reactive ketones (excluding diaryl/α,β-unsaturated/α-hetero) is 1. The maximum Gasteiger partial charge on any atom is 0.326 e. The molecule has 7 atom stereocenters. The van der Waals surface area contributed by atoms with Gasteiger partial charge in [0.25, 0.3) is 0 Å². The van der Waals surface area contributed by atoms with E-state index in [1.54, 1.807) is 24.3 Å². The lowest BCUT2D eigenvalue weighted by Crippen LogP contribution is -2.58. The van der Waals surface area contributed by atoms with Crippen LogP contribution in [0.25, 0.3) is 0 Å². The largest absolute Gasteiger partial charge is 0.480 e. The average molecular weight is 594 g/mol.